The van der Waals surface area contributed by atoms with Crippen molar-refractivity contribution in [3.05, 3.63) is 71.8 Å². The van der Waals surface area contributed by atoms with E-state index in [4.69, 9.17) is 18.9 Å². The topological polar surface area (TPSA) is 36.9 Å². The third-order valence-corrected chi connectivity index (χ3v) is 7.96. The smallest absolute Gasteiger partial charge is 0.170 e. The highest BCUT2D eigenvalue weighted by Gasteiger charge is 2.24. The van der Waals surface area contributed by atoms with Crippen LogP contribution in [0.2, 0.25) is 0 Å². The second-order valence-electron chi connectivity index (χ2n) is 10.6. The molecule has 2 bridgehead atoms. The highest BCUT2D eigenvalue weighted by molar-refractivity contribution is 6.13. The number of ether oxygens (including phenoxy) is 4. The first kappa shape index (κ1) is 24.9. The molecule has 0 saturated carbocycles. The predicted octanol–water partition coefficient (Wildman–Crippen LogP) is 9.14. The molecule has 0 unspecified atom stereocenters. The third kappa shape index (κ3) is 5.27. The molecule has 2 heterocycles. The molecule has 4 aromatic carbocycles. The summed E-state index contributed by atoms with van der Waals surface area (Å²) in [6.45, 7) is 2.27. The minimum Gasteiger partial charge on any atom is -0.493 e. The van der Waals surface area contributed by atoms with Gasteiger partial charge in [-0.15, -0.1) is 0 Å². The molecule has 4 nitrogen and oxygen atoms in total. The molecule has 0 spiro atoms. The van der Waals surface area contributed by atoms with Gasteiger partial charge in [-0.2, -0.15) is 0 Å². The van der Waals surface area contributed by atoms with Crippen molar-refractivity contribution in [2.45, 2.75) is 77.4 Å². The first-order chi connectivity index (χ1) is 18.9. The van der Waals surface area contributed by atoms with Crippen LogP contribution in [0.25, 0.3) is 21.5 Å². The van der Waals surface area contributed by atoms with E-state index >= 15 is 0 Å². The Kier molecular flexibility index (Phi) is 7.85. The molecule has 6 rings (SSSR count). The Morgan fingerprint density at radius 3 is 1.16 bits per heavy atom. The molecule has 2 aliphatic heterocycles. The largest absolute Gasteiger partial charge is 0.493 e. The van der Waals surface area contributed by atoms with Gasteiger partial charge in [-0.25, -0.2) is 0 Å². The lowest BCUT2D eigenvalue weighted by molar-refractivity contribution is 0.223. The van der Waals surface area contributed by atoms with E-state index in [9.17, 15) is 0 Å². The molecule has 198 valence electrons. The van der Waals surface area contributed by atoms with Crippen LogP contribution >= 0.6 is 0 Å². The minimum absolute atomic E-state index is 0.417. The van der Waals surface area contributed by atoms with Crippen molar-refractivity contribution in [2.24, 2.45) is 0 Å². The number of fused-ring (bicyclic) bond motifs is 12. The van der Waals surface area contributed by atoms with Gasteiger partial charge in [-0.1, -0.05) is 99.9 Å². The van der Waals surface area contributed by atoms with E-state index < -0.39 is 0 Å². The normalized spacial score (nSPS) is 17.4. The molecule has 0 aliphatic carbocycles. The number of benzene rings is 4. The standard InChI is InChI=1S/C34H38O4/c1-2-4-6-8-14-22-36-32-20-19-31(35-21-13-7-5-3-1)29-23-37-33-27-17-11-9-15-25(27)26-16-10-12-18-28(26)34(33)38-24-30(29)32/h9-12,15-20H,1-8,13-14,21-24H2. The first-order valence-electron chi connectivity index (χ1n) is 14.5. The van der Waals surface area contributed by atoms with Crippen molar-refractivity contribution < 1.29 is 18.9 Å². The van der Waals surface area contributed by atoms with E-state index in [1.807, 2.05) is 0 Å². The van der Waals surface area contributed by atoms with Gasteiger partial charge < -0.3 is 18.9 Å². The summed E-state index contributed by atoms with van der Waals surface area (Å²) in [7, 11) is 0. The van der Waals surface area contributed by atoms with Gasteiger partial charge in [0.15, 0.2) is 11.5 Å². The average Bonchev–Trinajstić information content (AvgIpc) is 2.94. The van der Waals surface area contributed by atoms with Crippen LogP contribution in [-0.2, 0) is 13.2 Å². The predicted molar refractivity (Wildman–Crippen MR) is 154 cm³/mol. The quantitative estimate of drug-likeness (QED) is 0.221. The van der Waals surface area contributed by atoms with E-state index in [1.165, 1.54) is 62.1 Å². The van der Waals surface area contributed by atoms with Gasteiger partial charge in [0.2, 0.25) is 0 Å². The van der Waals surface area contributed by atoms with Gasteiger partial charge in [0, 0.05) is 21.9 Å². The van der Waals surface area contributed by atoms with Crippen LogP contribution < -0.4 is 18.9 Å². The molecule has 0 atom stereocenters. The Labute approximate surface area is 225 Å². The van der Waals surface area contributed by atoms with Crippen LogP contribution in [0.4, 0.5) is 0 Å². The summed E-state index contributed by atoms with van der Waals surface area (Å²) in [6, 6.07) is 21.0. The third-order valence-electron chi connectivity index (χ3n) is 7.96. The van der Waals surface area contributed by atoms with Gasteiger partial charge >= 0.3 is 0 Å². The van der Waals surface area contributed by atoms with Crippen LogP contribution in [0.3, 0.4) is 0 Å². The summed E-state index contributed by atoms with van der Waals surface area (Å²) < 4.78 is 26.0. The van der Waals surface area contributed by atoms with Crippen LogP contribution in [0, 0.1) is 0 Å². The number of hydrogen-bond acceptors (Lipinski definition) is 4. The molecule has 38 heavy (non-hydrogen) atoms. The maximum atomic E-state index is 6.62. The van der Waals surface area contributed by atoms with E-state index in [0.717, 1.165) is 71.0 Å². The Balaban J connectivity index is 1.35. The molecular formula is C34H38O4. The summed E-state index contributed by atoms with van der Waals surface area (Å²) in [4.78, 5) is 0. The van der Waals surface area contributed by atoms with Gasteiger partial charge in [0.25, 0.3) is 0 Å². The van der Waals surface area contributed by atoms with Crippen molar-refractivity contribution in [2.75, 3.05) is 13.2 Å². The van der Waals surface area contributed by atoms with Crippen molar-refractivity contribution in [1.82, 2.24) is 0 Å². The number of hydrogen-bond donors (Lipinski definition) is 0. The molecule has 4 aromatic rings. The SMILES string of the molecule is c1ccc2c(c1)c1c(c3ccccc32)OCc2c3ccc(c2CO1)OCCCCCCCCCCCCO3. The van der Waals surface area contributed by atoms with E-state index in [-0.39, 0.29) is 0 Å². The fraction of sp³-hybridized carbons (Fsp3) is 0.412. The fourth-order valence-electron chi connectivity index (χ4n) is 5.87. The van der Waals surface area contributed by atoms with Crippen LogP contribution in [0.1, 0.15) is 75.3 Å². The zero-order valence-electron chi connectivity index (χ0n) is 22.3. The molecule has 2 aliphatic rings. The Morgan fingerprint density at radius 2 is 0.737 bits per heavy atom. The summed E-state index contributed by atoms with van der Waals surface area (Å²) in [6.07, 6.45) is 12.5. The van der Waals surface area contributed by atoms with Crippen molar-refractivity contribution in [1.29, 1.82) is 0 Å². The molecule has 0 N–H and O–H groups in total. The average molecular weight is 511 g/mol. The van der Waals surface area contributed by atoms with E-state index in [2.05, 4.69) is 60.7 Å². The lowest BCUT2D eigenvalue weighted by Gasteiger charge is -2.25. The monoisotopic (exact) mass is 510 g/mol. The van der Waals surface area contributed by atoms with Crippen molar-refractivity contribution in [3.63, 3.8) is 0 Å². The second kappa shape index (κ2) is 12.0. The molecule has 0 aromatic heterocycles. The summed E-state index contributed by atoms with van der Waals surface area (Å²) in [5.41, 5.74) is 2.07. The lowest BCUT2D eigenvalue weighted by atomic mass is 9.99. The zero-order valence-corrected chi connectivity index (χ0v) is 22.3. The Morgan fingerprint density at radius 1 is 0.368 bits per heavy atom. The maximum absolute atomic E-state index is 6.62. The first-order valence-corrected chi connectivity index (χ1v) is 14.5. The second-order valence-corrected chi connectivity index (χ2v) is 10.6. The lowest BCUT2D eigenvalue weighted by Crippen LogP contribution is -2.14. The van der Waals surface area contributed by atoms with Crippen LogP contribution in [0.15, 0.2) is 60.7 Å². The fourth-order valence-corrected chi connectivity index (χ4v) is 5.87. The van der Waals surface area contributed by atoms with Gasteiger partial charge in [0.05, 0.1) is 13.2 Å². The van der Waals surface area contributed by atoms with Crippen LogP contribution in [-0.4, -0.2) is 13.2 Å². The summed E-state index contributed by atoms with van der Waals surface area (Å²) >= 11 is 0. The Hall–Kier alpha value is -3.40. The summed E-state index contributed by atoms with van der Waals surface area (Å²) in [5.74, 6) is 3.37. The summed E-state index contributed by atoms with van der Waals surface area (Å²) in [5, 5.41) is 4.49. The highest BCUT2D eigenvalue weighted by Crippen LogP contribution is 2.46. The number of rotatable bonds is 0. The van der Waals surface area contributed by atoms with E-state index in [1.54, 1.807) is 0 Å². The molecule has 0 radical (unpaired) electrons. The van der Waals surface area contributed by atoms with Crippen LogP contribution in [0.5, 0.6) is 23.0 Å². The molecule has 0 saturated heterocycles. The van der Waals surface area contributed by atoms with Crippen molar-refractivity contribution in [3.8, 4) is 23.0 Å². The maximum Gasteiger partial charge on any atom is 0.170 e. The molecular weight excluding hydrogens is 472 g/mol. The Bertz CT molecular complexity index is 1290. The zero-order chi connectivity index (χ0) is 25.6. The molecule has 0 fully saturated rings. The van der Waals surface area contributed by atoms with E-state index in [0.29, 0.717) is 13.2 Å². The van der Waals surface area contributed by atoms with Gasteiger partial charge in [0.1, 0.15) is 24.7 Å². The van der Waals surface area contributed by atoms with Gasteiger partial charge in [-0.3, -0.25) is 0 Å². The van der Waals surface area contributed by atoms with Crippen molar-refractivity contribution >= 4 is 21.5 Å². The minimum atomic E-state index is 0.417. The highest BCUT2D eigenvalue weighted by atomic mass is 16.5. The van der Waals surface area contributed by atoms with Gasteiger partial charge in [-0.05, 0) is 35.7 Å². The molecule has 4 heteroatoms. The molecule has 0 amide bonds.